The smallest absolute Gasteiger partial charge is 0.251 e. The van der Waals surface area contributed by atoms with Gasteiger partial charge < -0.3 is 9.73 Å². The van der Waals surface area contributed by atoms with Gasteiger partial charge in [0, 0.05) is 16.7 Å². The summed E-state index contributed by atoms with van der Waals surface area (Å²) in [6.07, 6.45) is 0. The molecule has 0 aliphatic heterocycles. The van der Waals surface area contributed by atoms with Crippen molar-refractivity contribution < 1.29 is 13.6 Å². The topological polar surface area (TPSA) is 68.0 Å². The molecule has 1 N–H and O–H groups in total. The van der Waals surface area contributed by atoms with E-state index in [1.54, 1.807) is 36.4 Å². The molecule has 144 valence electrons. The quantitative estimate of drug-likeness (QED) is 0.521. The molecule has 1 amide bonds. The lowest BCUT2D eigenvalue weighted by atomic mass is 10.1. The Morgan fingerprint density at radius 3 is 2.07 bits per heavy atom. The van der Waals surface area contributed by atoms with E-state index in [4.69, 9.17) is 4.42 Å². The summed E-state index contributed by atoms with van der Waals surface area (Å²) in [6, 6.07) is 22.3. The van der Waals surface area contributed by atoms with Crippen LogP contribution >= 0.6 is 0 Å². The van der Waals surface area contributed by atoms with Gasteiger partial charge in [0.1, 0.15) is 5.82 Å². The van der Waals surface area contributed by atoms with Crippen LogP contribution in [0.1, 0.15) is 28.9 Å². The largest absolute Gasteiger partial charge is 0.416 e. The highest BCUT2D eigenvalue weighted by molar-refractivity contribution is 5.94. The average Bonchev–Trinajstić information content (AvgIpc) is 3.25. The summed E-state index contributed by atoms with van der Waals surface area (Å²) in [7, 11) is 0. The minimum absolute atomic E-state index is 0.219. The van der Waals surface area contributed by atoms with Crippen LogP contribution in [0, 0.1) is 5.82 Å². The Kier molecular flexibility index (Phi) is 5.16. The van der Waals surface area contributed by atoms with E-state index in [9.17, 15) is 9.18 Å². The fraction of sp³-hybridized carbons (Fsp3) is 0.0870. The number of hydrogen-bond acceptors (Lipinski definition) is 4. The first-order chi connectivity index (χ1) is 14.1. The summed E-state index contributed by atoms with van der Waals surface area (Å²) in [6.45, 7) is 1.85. The molecule has 0 aliphatic rings. The second-order valence-corrected chi connectivity index (χ2v) is 6.60. The first-order valence-corrected chi connectivity index (χ1v) is 9.16. The van der Waals surface area contributed by atoms with Crippen LogP contribution in [0.15, 0.2) is 83.3 Å². The molecule has 0 saturated heterocycles. The summed E-state index contributed by atoms with van der Waals surface area (Å²) in [5, 5.41) is 11.1. The lowest BCUT2D eigenvalue weighted by Gasteiger charge is -2.14. The molecular formula is C23H18FN3O2. The van der Waals surface area contributed by atoms with E-state index >= 15 is 0 Å². The van der Waals surface area contributed by atoms with E-state index in [2.05, 4.69) is 15.5 Å². The number of nitrogens with one attached hydrogen (secondary N) is 1. The second-order valence-electron chi connectivity index (χ2n) is 6.60. The predicted molar refractivity (Wildman–Crippen MR) is 107 cm³/mol. The molecule has 0 fully saturated rings. The molecule has 1 aromatic heterocycles. The Labute approximate surface area is 167 Å². The number of carbonyl (C=O) groups excluding carboxylic acids is 1. The summed E-state index contributed by atoms with van der Waals surface area (Å²) >= 11 is 0. The zero-order valence-electron chi connectivity index (χ0n) is 15.7. The van der Waals surface area contributed by atoms with Crippen molar-refractivity contribution in [3.63, 3.8) is 0 Å². The highest BCUT2D eigenvalue weighted by atomic mass is 19.1. The molecule has 1 heterocycles. The Morgan fingerprint density at radius 2 is 1.45 bits per heavy atom. The van der Waals surface area contributed by atoms with Crippen molar-refractivity contribution >= 4 is 5.91 Å². The highest BCUT2D eigenvalue weighted by Crippen LogP contribution is 2.24. The molecule has 6 heteroatoms. The van der Waals surface area contributed by atoms with Gasteiger partial charge >= 0.3 is 0 Å². The third-order valence-electron chi connectivity index (χ3n) is 4.56. The Bertz CT molecular complexity index is 1110. The molecule has 4 rings (SSSR count). The number of nitrogens with zero attached hydrogens (tertiary/aromatic N) is 2. The second kappa shape index (κ2) is 8.06. The number of carbonyl (C=O) groups is 1. The van der Waals surface area contributed by atoms with Gasteiger partial charge in [0.05, 0.1) is 6.04 Å². The number of aromatic nitrogens is 2. The van der Waals surface area contributed by atoms with Gasteiger partial charge in [0.15, 0.2) is 0 Å². The molecule has 0 bridgehead atoms. The third kappa shape index (κ3) is 4.21. The van der Waals surface area contributed by atoms with Gasteiger partial charge in [-0.2, -0.15) is 0 Å². The molecule has 0 radical (unpaired) electrons. The molecular weight excluding hydrogens is 369 g/mol. The van der Waals surface area contributed by atoms with Crippen molar-refractivity contribution in [3.05, 3.63) is 95.8 Å². The highest BCUT2D eigenvalue weighted by Gasteiger charge is 2.14. The monoisotopic (exact) mass is 387 g/mol. The van der Waals surface area contributed by atoms with Crippen molar-refractivity contribution in [2.24, 2.45) is 0 Å². The minimum atomic E-state index is -0.306. The van der Waals surface area contributed by atoms with Crippen molar-refractivity contribution in [1.29, 1.82) is 0 Å². The minimum Gasteiger partial charge on any atom is -0.416 e. The van der Waals surface area contributed by atoms with Gasteiger partial charge in [-0.05, 0) is 61.0 Å². The molecule has 0 spiro atoms. The van der Waals surface area contributed by atoms with Crippen LogP contribution in [0.4, 0.5) is 4.39 Å². The van der Waals surface area contributed by atoms with E-state index in [0.717, 1.165) is 16.7 Å². The van der Waals surface area contributed by atoms with Gasteiger partial charge in [0.25, 0.3) is 5.91 Å². The first kappa shape index (κ1) is 18.6. The third-order valence-corrected chi connectivity index (χ3v) is 4.56. The normalized spacial score (nSPS) is 11.8. The molecule has 5 nitrogen and oxygen atoms in total. The Balaban J connectivity index is 1.45. The standard InChI is InChI=1S/C23H18FN3O2/c1-15(16-11-13-20(24)14-12-16)25-21(28)17-7-9-19(10-8-17)23-27-26-22(29-23)18-5-3-2-4-6-18/h2-15H,1H3,(H,25,28)/t15-/m1/s1. The van der Waals surface area contributed by atoms with Gasteiger partial charge in [-0.15, -0.1) is 10.2 Å². The zero-order chi connectivity index (χ0) is 20.2. The van der Waals surface area contributed by atoms with Crippen LogP contribution in [-0.2, 0) is 0 Å². The maximum atomic E-state index is 13.0. The van der Waals surface area contributed by atoms with Crippen molar-refractivity contribution in [2.45, 2.75) is 13.0 Å². The Morgan fingerprint density at radius 1 is 0.862 bits per heavy atom. The van der Waals surface area contributed by atoms with Gasteiger partial charge in [0.2, 0.25) is 11.8 Å². The molecule has 0 saturated carbocycles. The fourth-order valence-corrected chi connectivity index (χ4v) is 2.92. The van der Waals surface area contributed by atoms with Crippen molar-refractivity contribution in [2.75, 3.05) is 0 Å². The van der Waals surface area contributed by atoms with Crippen LogP contribution in [0.3, 0.4) is 0 Å². The van der Waals surface area contributed by atoms with Crippen molar-refractivity contribution in [3.8, 4) is 22.9 Å². The summed E-state index contributed by atoms with van der Waals surface area (Å²) in [5.41, 5.74) is 2.90. The Hall–Kier alpha value is -3.80. The molecule has 0 aliphatic carbocycles. The van der Waals surface area contributed by atoms with Crippen LogP contribution in [-0.4, -0.2) is 16.1 Å². The summed E-state index contributed by atoms with van der Waals surface area (Å²) < 4.78 is 18.8. The summed E-state index contributed by atoms with van der Waals surface area (Å²) in [5.74, 6) is 0.300. The molecule has 29 heavy (non-hydrogen) atoms. The number of rotatable bonds is 5. The zero-order valence-corrected chi connectivity index (χ0v) is 15.7. The molecule has 4 aromatic rings. The van der Waals surface area contributed by atoms with E-state index in [1.807, 2.05) is 37.3 Å². The fourth-order valence-electron chi connectivity index (χ4n) is 2.92. The van der Waals surface area contributed by atoms with Gasteiger partial charge in [-0.3, -0.25) is 4.79 Å². The van der Waals surface area contributed by atoms with Crippen LogP contribution < -0.4 is 5.32 Å². The van der Waals surface area contributed by atoms with E-state index < -0.39 is 0 Å². The van der Waals surface area contributed by atoms with E-state index in [0.29, 0.717) is 17.3 Å². The number of hydrogen-bond donors (Lipinski definition) is 1. The summed E-state index contributed by atoms with van der Waals surface area (Å²) in [4.78, 5) is 12.5. The van der Waals surface area contributed by atoms with E-state index in [-0.39, 0.29) is 17.8 Å². The maximum Gasteiger partial charge on any atom is 0.251 e. The van der Waals surface area contributed by atoms with Crippen molar-refractivity contribution in [1.82, 2.24) is 15.5 Å². The molecule has 1 atom stereocenters. The maximum absolute atomic E-state index is 13.0. The average molecular weight is 387 g/mol. The van der Waals surface area contributed by atoms with Gasteiger partial charge in [-0.1, -0.05) is 30.3 Å². The lowest BCUT2D eigenvalue weighted by Crippen LogP contribution is -2.26. The number of benzene rings is 3. The first-order valence-electron chi connectivity index (χ1n) is 9.16. The molecule has 0 unspecified atom stereocenters. The SMILES string of the molecule is C[C@@H](NC(=O)c1ccc(-c2nnc(-c3ccccc3)o2)cc1)c1ccc(F)cc1. The van der Waals surface area contributed by atoms with Gasteiger partial charge in [-0.25, -0.2) is 4.39 Å². The van der Waals surface area contributed by atoms with Crippen LogP contribution in [0.5, 0.6) is 0 Å². The number of halogens is 1. The van der Waals surface area contributed by atoms with Crippen LogP contribution in [0.2, 0.25) is 0 Å². The number of amides is 1. The lowest BCUT2D eigenvalue weighted by molar-refractivity contribution is 0.0940. The van der Waals surface area contributed by atoms with E-state index in [1.165, 1.54) is 12.1 Å². The van der Waals surface area contributed by atoms with Crippen LogP contribution in [0.25, 0.3) is 22.9 Å². The predicted octanol–water partition coefficient (Wildman–Crippen LogP) is 5.03. The molecule has 3 aromatic carbocycles.